The number of nitro benzene ring substituents is 1. The number of ether oxygens (including phenoxy) is 1. The van der Waals surface area contributed by atoms with Crippen LogP contribution in [-0.4, -0.2) is 28.0 Å². The number of nitrogens with zero attached hydrogens (tertiary/aromatic N) is 2. The number of non-ortho nitro benzene ring substituents is 1. The molecule has 1 aromatic heterocycles. The van der Waals surface area contributed by atoms with E-state index in [0.717, 1.165) is 0 Å². The summed E-state index contributed by atoms with van der Waals surface area (Å²) < 4.78 is 5.13. The number of carbonyl (C=O) groups is 1. The number of nitrogens with one attached hydrogen (secondary N) is 1. The summed E-state index contributed by atoms with van der Waals surface area (Å²) in [4.78, 5) is 27.8. The van der Waals surface area contributed by atoms with Crippen LogP contribution in [0.1, 0.15) is 27.5 Å². The van der Waals surface area contributed by atoms with Crippen molar-refractivity contribution in [2.24, 2.45) is 0 Å². The van der Waals surface area contributed by atoms with Crippen LogP contribution in [-0.2, 0) is 0 Å². The highest BCUT2D eigenvalue weighted by molar-refractivity contribution is 6.35. The van der Waals surface area contributed by atoms with Crippen molar-refractivity contribution in [2.45, 2.75) is 6.04 Å². The van der Waals surface area contributed by atoms with E-state index in [9.17, 15) is 20.0 Å². The Kier molecular flexibility index (Phi) is 6.10. The first-order valence-electron chi connectivity index (χ1n) is 9.84. The zero-order valence-corrected chi connectivity index (χ0v) is 18.1. The summed E-state index contributed by atoms with van der Waals surface area (Å²) in [5, 5.41) is 25.9. The number of nitro groups is 1. The second kappa shape index (κ2) is 9.13. The van der Waals surface area contributed by atoms with Crippen molar-refractivity contribution in [2.75, 3.05) is 7.11 Å². The van der Waals surface area contributed by atoms with Crippen LogP contribution in [0, 0.1) is 10.1 Å². The minimum atomic E-state index is -0.857. The Morgan fingerprint density at radius 3 is 2.48 bits per heavy atom. The fourth-order valence-electron chi connectivity index (χ4n) is 3.51. The van der Waals surface area contributed by atoms with Crippen molar-refractivity contribution in [3.63, 3.8) is 0 Å². The van der Waals surface area contributed by atoms with Gasteiger partial charge in [-0.25, -0.2) is 0 Å². The third-order valence-electron chi connectivity index (χ3n) is 5.22. The number of hydrogen-bond acceptors (Lipinski definition) is 6. The molecule has 0 fully saturated rings. The Balaban J connectivity index is 1.80. The van der Waals surface area contributed by atoms with Gasteiger partial charge < -0.3 is 15.2 Å². The normalized spacial score (nSPS) is 11.7. The molecule has 2 N–H and O–H groups in total. The van der Waals surface area contributed by atoms with E-state index >= 15 is 0 Å². The number of benzene rings is 3. The zero-order chi connectivity index (χ0) is 23.5. The molecule has 0 radical (unpaired) electrons. The molecule has 3 aromatic carbocycles. The molecule has 1 amide bonds. The van der Waals surface area contributed by atoms with E-state index in [1.165, 1.54) is 37.6 Å². The molecule has 33 heavy (non-hydrogen) atoms. The molecule has 0 aliphatic heterocycles. The van der Waals surface area contributed by atoms with Crippen LogP contribution < -0.4 is 10.1 Å². The molecule has 0 saturated heterocycles. The Morgan fingerprint density at radius 2 is 1.85 bits per heavy atom. The molecule has 1 heterocycles. The predicted octanol–water partition coefficient (Wildman–Crippen LogP) is 5.03. The number of phenolic OH excluding ortho intramolecular Hbond substituents is 1. The summed E-state index contributed by atoms with van der Waals surface area (Å²) in [7, 11) is 1.53. The van der Waals surface area contributed by atoms with E-state index in [1.807, 2.05) is 0 Å². The predicted molar refractivity (Wildman–Crippen MR) is 124 cm³/mol. The van der Waals surface area contributed by atoms with Crippen molar-refractivity contribution < 1.29 is 19.6 Å². The zero-order valence-electron chi connectivity index (χ0n) is 17.4. The average Bonchev–Trinajstić information content (AvgIpc) is 2.85. The van der Waals surface area contributed by atoms with Crippen molar-refractivity contribution in [3.8, 4) is 11.5 Å². The molecule has 4 aromatic rings. The van der Waals surface area contributed by atoms with Crippen LogP contribution in [0.15, 0.2) is 72.9 Å². The topological polar surface area (TPSA) is 115 Å². The molecule has 166 valence electrons. The first-order valence-corrected chi connectivity index (χ1v) is 10.2. The first kappa shape index (κ1) is 22.0. The standard InChI is InChI=1S/C24H18ClN3O5/c1-33-17-10-6-15(7-11-17)24(30)27-21(14-4-8-16(9-5-14)28(31)32)19-13-20(25)18-3-2-12-26-22(18)23(19)29/h2-13,21,29H,1H3,(H,27,30). The number of phenols is 1. The third kappa shape index (κ3) is 4.42. The van der Waals surface area contributed by atoms with Crippen LogP contribution in [0.25, 0.3) is 10.9 Å². The smallest absolute Gasteiger partial charge is 0.269 e. The van der Waals surface area contributed by atoms with Crippen molar-refractivity contribution in [1.82, 2.24) is 10.3 Å². The van der Waals surface area contributed by atoms with Crippen LogP contribution in [0.4, 0.5) is 5.69 Å². The minimum absolute atomic E-state index is 0.0959. The molecule has 4 rings (SSSR count). The number of methoxy groups -OCH3 is 1. The van der Waals surface area contributed by atoms with Crippen molar-refractivity contribution in [3.05, 3.63) is 105 Å². The quantitative estimate of drug-likeness (QED) is 0.306. The number of fused-ring (bicyclic) bond motifs is 1. The molecule has 1 atom stereocenters. The van der Waals surface area contributed by atoms with Gasteiger partial charge in [-0.05, 0) is 60.2 Å². The summed E-state index contributed by atoms with van der Waals surface area (Å²) in [6, 6.07) is 16.4. The number of rotatable bonds is 6. The van der Waals surface area contributed by atoms with Crippen LogP contribution in [0.5, 0.6) is 11.5 Å². The fraction of sp³-hybridized carbons (Fsp3) is 0.0833. The maximum atomic E-state index is 13.0. The Bertz CT molecular complexity index is 1340. The summed E-state index contributed by atoms with van der Waals surface area (Å²) in [5.74, 6) is 0.0366. The van der Waals surface area contributed by atoms with Gasteiger partial charge in [0.15, 0.2) is 0 Å². The van der Waals surface area contributed by atoms with E-state index in [1.54, 1.807) is 42.5 Å². The lowest BCUT2D eigenvalue weighted by atomic mass is 9.95. The number of carbonyl (C=O) groups excluding carboxylic acids is 1. The number of hydrogen-bond donors (Lipinski definition) is 2. The van der Waals surface area contributed by atoms with Gasteiger partial charge in [-0.15, -0.1) is 0 Å². The average molecular weight is 464 g/mol. The van der Waals surface area contributed by atoms with Crippen molar-refractivity contribution >= 4 is 34.1 Å². The molecule has 9 heteroatoms. The number of halogens is 1. The van der Waals surface area contributed by atoms with Crippen LogP contribution in [0.2, 0.25) is 5.02 Å². The second-order valence-electron chi connectivity index (χ2n) is 7.18. The number of aromatic nitrogens is 1. The van der Waals surface area contributed by atoms with Crippen molar-refractivity contribution in [1.29, 1.82) is 0 Å². The van der Waals surface area contributed by atoms with E-state index in [2.05, 4.69) is 10.3 Å². The SMILES string of the molecule is COc1ccc(C(=O)NC(c2ccc([N+](=O)[O-])cc2)c2cc(Cl)c3cccnc3c2O)cc1. The lowest BCUT2D eigenvalue weighted by Gasteiger charge is -2.22. The summed E-state index contributed by atoms with van der Waals surface area (Å²) in [6.07, 6.45) is 1.53. The summed E-state index contributed by atoms with van der Waals surface area (Å²) in [6.45, 7) is 0. The van der Waals surface area contributed by atoms with E-state index in [-0.39, 0.29) is 17.0 Å². The highest BCUT2D eigenvalue weighted by Crippen LogP contribution is 2.38. The molecular formula is C24H18ClN3O5. The van der Waals surface area contributed by atoms with E-state index in [0.29, 0.717) is 32.8 Å². The molecule has 0 spiro atoms. The van der Waals surface area contributed by atoms with E-state index < -0.39 is 16.9 Å². The largest absolute Gasteiger partial charge is 0.505 e. The van der Waals surface area contributed by atoms with Gasteiger partial charge in [0.2, 0.25) is 0 Å². The Labute approximate surface area is 193 Å². The second-order valence-corrected chi connectivity index (χ2v) is 7.59. The number of pyridine rings is 1. The van der Waals surface area contributed by atoms with Gasteiger partial charge in [0.1, 0.15) is 17.0 Å². The van der Waals surface area contributed by atoms with Gasteiger partial charge in [0.05, 0.1) is 23.1 Å². The number of amides is 1. The Morgan fingerprint density at radius 1 is 1.15 bits per heavy atom. The fourth-order valence-corrected chi connectivity index (χ4v) is 3.78. The van der Waals surface area contributed by atoms with Crippen LogP contribution in [0.3, 0.4) is 0 Å². The number of aromatic hydroxyl groups is 1. The van der Waals surface area contributed by atoms with Gasteiger partial charge in [-0.1, -0.05) is 11.6 Å². The Hall–Kier alpha value is -4.17. The maximum absolute atomic E-state index is 13.0. The van der Waals surface area contributed by atoms with Gasteiger partial charge >= 0.3 is 0 Å². The molecule has 0 saturated carbocycles. The monoisotopic (exact) mass is 463 g/mol. The molecule has 0 bridgehead atoms. The lowest BCUT2D eigenvalue weighted by molar-refractivity contribution is -0.384. The van der Waals surface area contributed by atoms with Gasteiger partial charge in [0.25, 0.3) is 11.6 Å². The molecular weight excluding hydrogens is 446 g/mol. The molecule has 0 aliphatic rings. The van der Waals surface area contributed by atoms with Gasteiger partial charge in [-0.3, -0.25) is 19.9 Å². The molecule has 8 nitrogen and oxygen atoms in total. The minimum Gasteiger partial charge on any atom is -0.505 e. The van der Waals surface area contributed by atoms with Gasteiger partial charge in [0, 0.05) is 34.8 Å². The van der Waals surface area contributed by atoms with Crippen LogP contribution >= 0.6 is 11.6 Å². The highest BCUT2D eigenvalue weighted by Gasteiger charge is 2.24. The highest BCUT2D eigenvalue weighted by atomic mass is 35.5. The first-order chi connectivity index (χ1) is 15.9. The van der Waals surface area contributed by atoms with Gasteiger partial charge in [-0.2, -0.15) is 0 Å². The summed E-state index contributed by atoms with van der Waals surface area (Å²) >= 11 is 6.45. The molecule has 0 aliphatic carbocycles. The van der Waals surface area contributed by atoms with E-state index in [4.69, 9.17) is 16.3 Å². The maximum Gasteiger partial charge on any atom is 0.269 e. The molecule has 1 unspecified atom stereocenters. The summed E-state index contributed by atoms with van der Waals surface area (Å²) in [5.41, 5.74) is 1.38. The lowest BCUT2D eigenvalue weighted by Crippen LogP contribution is -2.29. The third-order valence-corrected chi connectivity index (χ3v) is 5.53.